The molecule has 1 aliphatic heterocycles. The Labute approximate surface area is 122 Å². The van der Waals surface area contributed by atoms with Crippen molar-refractivity contribution in [2.75, 3.05) is 19.8 Å². The molecule has 1 aromatic rings. The van der Waals surface area contributed by atoms with Gasteiger partial charge in [0, 0.05) is 10.1 Å². The van der Waals surface area contributed by atoms with Crippen LogP contribution >= 0.6 is 22.6 Å². The molecule has 0 aromatic heterocycles. The first-order valence-electron chi connectivity index (χ1n) is 6.29. The molecule has 18 heavy (non-hydrogen) atoms. The molecule has 1 aromatic carbocycles. The van der Waals surface area contributed by atoms with Crippen LogP contribution in [0.2, 0.25) is 0 Å². The number of amides is 1. The lowest BCUT2D eigenvalue weighted by Gasteiger charge is -2.35. The van der Waals surface area contributed by atoms with Gasteiger partial charge in [0.2, 0.25) is 0 Å². The first-order valence-corrected chi connectivity index (χ1v) is 7.36. The molecule has 0 bridgehead atoms. The Morgan fingerprint density at radius 2 is 2.33 bits per heavy atom. The van der Waals surface area contributed by atoms with Gasteiger partial charge in [-0.25, -0.2) is 0 Å². The van der Waals surface area contributed by atoms with E-state index in [1.807, 2.05) is 30.0 Å². The molecule has 1 saturated heterocycles. The van der Waals surface area contributed by atoms with Gasteiger partial charge >= 0.3 is 0 Å². The fourth-order valence-corrected chi connectivity index (χ4v) is 2.82. The quantitative estimate of drug-likeness (QED) is 0.760. The molecule has 0 saturated carbocycles. The SMILES string of the molecule is CCC1COCCN1C(=O)c1cccc(C)c1I. The molecule has 98 valence electrons. The highest BCUT2D eigenvalue weighted by Crippen LogP contribution is 2.21. The number of halogens is 1. The molecule has 1 amide bonds. The number of carbonyl (C=O) groups excluding carboxylic acids is 1. The Morgan fingerprint density at radius 1 is 1.56 bits per heavy atom. The van der Waals surface area contributed by atoms with E-state index in [1.54, 1.807) is 0 Å². The standard InChI is InChI=1S/C14H18INO2/c1-3-11-9-18-8-7-16(11)14(17)12-6-4-5-10(2)13(12)15/h4-6,11H,3,7-9H2,1-2H3. The Hall–Kier alpha value is -0.620. The van der Waals surface area contributed by atoms with Crippen LogP contribution in [0.25, 0.3) is 0 Å². The van der Waals surface area contributed by atoms with Crippen LogP contribution in [0.15, 0.2) is 18.2 Å². The highest BCUT2D eigenvalue weighted by atomic mass is 127. The maximum Gasteiger partial charge on any atom is 0.255 e. The summed E-state index contributed by atoms with van der Waals surface area (Å²) < 4.78 is 6.50. The minimum absolute atomic E-state index is 0.137. The van der Waals surface area contributed by atoms with E-state index in [9.17, 15) is 4.79 Å². The number of nitrogens with zero attached hydrogens (tertiary/aromatic N) is 1. The molecule has 1 atom stereocenters. The number of benzene rings is 1. The van der Waals surface area contributed by atoms with E-state index in [0.717, 1.165) is 21.1 Å². The summed E-state index contributed by atoms with van der Waals surface area (Å²) in [6.07, 6.45) is 0.939. The predicted octanol–water partition coefficient (Wildman–Crippen LogP) is 2.85. The molecule has 1 fully saturated rings. The fraction of sp³-hybridized carbons (Fsp3) is 0.500. The van der Waals surface area contributed by atoms with Crippen molar-refractivity contribution in [2.45, 2.75) is 26.3 Å². The lowest BCUT2D eigenvalue weighted by Crippen LogP contribution is -2.48. The zero-order chi connectivity index (χ0) is 13.1. The summed E-state index contributed by atoms with van der Waals surface area (Å²) in [5.74, 6) is 0.137. The molecule has 0 spiro atoms. The Balaban J connectivity index is 2.27. The molecular weight excluding hydrogens is 341 g/mol. The number of ether oxygens (including phenoxy) is 1. The molecular formula is C14H18INO2. The molecule has 4 heteroatoms. The van der Waals surface area contributed by atoms with Crippen LogP contribution in [-0.2, 0) is 4.74 Å². The summed E-state index contributed by atoms with van der Waals surface area (Å²) in [6, 6.07) is 6.11. The third kappa shape index (κ3) is 2.69. The summed E-state index contributed by atoms with van der Waals surface area (Å²) in [4.78, 5) is 14.6. The highest BCUT2D eigenvalue weighted by molar-refractivity contribution is 14.1. The van der Waals surface area contributed by atoms with Gasteiger partial charge in [0.1, 0.15) is 0 Å². The Morgan fingerprint density at radius 3 is 3.06 bits per heavy atom. The topological polar surface area (TPSA) is 29.5 Å². The van der Waals surface area contributed by atoms with Gasteiger partial charge in [0.05, 0.1) is 24.8 Å². The second-order valence-electron chi connectivity index (χ2n) is 4.57. The molecule has 1 heterocycles. The van der Waals surface area contributed by atoms with Crippen molar-refractivity contribution in [1.29, 1.82) is 0 Å². The highest BCUT2D eigenvalue weighted by Gasteiger charge is 2.27. The van der Waals surface area contributed by atoms with Crippen LogP contribution in [0.1, 0.15) is 29.3 Å². The summed E-state index contributed by atoms with van der Waals surface area (Å²) in [7, 11) is 0. The minimum atomic E-state index is 0.137. The average molecular weight is 359 g/mol. The smallest absolute Gasteiger partial charge is 0.255 e. The zero-order valence-electron chi connectivity index (χ0n) is 10.8. The summed E-state index contributed by atoms with van der Waals surface area (Å²) >= 11 is 2.26. The van der Waals surface area contributed by atoms with Crippen molar-refractivity contribution in [3.63, 3.8) is 0 Å². The van der Waals surface area contributed by atoms with Gasteiger partial charge < -0.3 is 9.64 Å². The molecule has 0 N–H and O–H groups in total. The van der Waals surface area contributed by atoms with Crippen molar-refractivity contribution >= 4 is 28.5 Å². The first-order chi connectivity index (χ1) is 8.65. The van der Waals surface area contributed by atoms with Crippen molar-refractivity contribution in [1.82, 2.24) is 4.90 Å². The van der Waals surface area contributed by atoms with E-state index in [-0.39, 0.29) is 11.9 Å². The van der Waals surface area contributed by atoms with E-state index in [0.29, 0.717) is 19.8 Å². The lowest BCUT2D eigenvalue weighted by atomic mass is 10.1. The number of hydrogen-bond donors (Lipinski definition) is 0. The summed E-state index contributed by atoms with van der Waals surface area (Å²) in [5, 5.41) is 0. The maximum absolute atomic E-state index is 12.6. The molecule has 0 radical (unpaired) electrons. The van der Waals surface area contributed by atoms with Gasteiger partial charge in [-0.05, 0) is 47.6 Å². The van der Waals surface area contributed by atoms with Crippen molar-refractivity contribution in [3.8, 4) is 0 Å². The molecule has 1 unspecified atom stereocenters. The zero-order valence-corrected chi connectivity index (χ0v) is 12.9. The van der Waals surface area contributed by atoms with Gasteiger partial charge in [-0.2, -0.15) is 0 Å². The van der Waals surface area contributed by atoms with Gasteiger partial charge in [0.25, 0.3) is 5.91 Å². The Kier molecular flexibility index (Phi) is 4.61. The van der Waals surface area contributed by atoms with Gasteiger partial charge in [-0.15, -0.1) is 0 Å². The average Bonchev–Trinajstić information content (AvgIpc) is 2.41. The van der Waals surface area contributed by atoms with Crippen molar-refractivity contribution in [2.24, 2.45) is 0 Å². The van der Waals surface area contributed by atoms with Crippen LogP contribution in [0.4, 0.5) is 0 Å². The number of morpholine rings is 1. The number of aryl methyl sites for hydroxylation is 1. The van der Waals surface area contributed by atoms with Crippen LogP contribution in [-0.4, -0.2) is 36.6 Å². The Bertz CT molecular complexity index is 447. The number of carbonyl (C=O) groups is 1. The summed E-state index contributed by atoms with van der Waals surface area (Å²) in [5.41, 5.74) is 1.97. The second-order valence-corrected chi connectivity index (χ2v) is 5.65. The van der Waals surface area contributed by atoms with Gasteiger partial charge in [-0.3, -0.25) is 4.79 Å². The molecule has 1 aliphatic rings. The van der Waals surface area contributed by atoms with Gasteiger partial charge in [-0.1, -0.05) is 19.1 Å². The van der Waals surface area contributed by atoms with Crippen LogP contribution in [0.5, 0.6) is 0 Å². The van der Waals surface area contributed by atoms with Crippen LogP contribution in [0, 0.1) is 10.5 Å². The molecule has 2 rings (SSSR count). The molecule has 3 nitrogen and oxygen atoms in total. The lowest BCUT2D eigenvalue weighted by molar-refractivity contribution is -0.00285. The second kappa shape index (κ2) is 6.02. The largest absolute Gasteiger partial charge is 0.377 e. The van der Waals surface area contributed by atoms with E-state index in [4.69, 9.17) is 4.74 Å². The van der Waals surface area contributed by atoms with E-state index in [2.05, 4.69) is 29.5 Å². The number of rotatable bonds is 2. The van der Waals surface area contributed by atoms with Crippen LogP contribution in [0.3, 0.4) is 0 Å². The third-order valence-electron chi connectivity index (χ3n) is 3.38. The van der Waals surface area contributed by atoms with Crippen molar-refractivity contribution in [3.05, 3.63) is 32.9 Å². The van der Waals surface area contributed by atoms with Crippen molar-refractivity contribution < 1.29 is 9.53 Å². The first kappa shape index (κ1) is 13.8. The van der Waals surface area contributed by atoms with E-state index in [1.165, 1.54) is 0 Å². The minimum Gasteiger partial charge on any atom is -0.377 e. The number of hydrogen-bond acceptors (Lipinski definition) is 2. The molecule has 0 aliphatic carbocycles. The predicted molar refractivity (Wildman–Crippen MR) is 79.8 cm³/mol. The summed E-state index contributed by atoms with van der Waals surface area (Å²) in [6.45, 7) is 6.13. The van der Waals surface area contributed by atoms with E-state index >= 15 is 0 Å². The van der Waals surface area contributed by atoms with Crippen LogP contribution < -0.4 is 0 Å². The third-order valence-corrected chi connectivity index (χ3v) is 4.81. The monoisotopic (exact) mass is 359 g/mol. The van der Waals surface area contributed by atoms with Gasteiger partial charge in [0.15, 0.2) is 0 Å². The normalized spacial score (nSPS) is 19.9. The maximum atomic E-state index is 12.6. The fourth-order valence-electron chi connectivity index (χ4n) is 2.23. The van der Waals surface area contributed by atoms with E-state index < -0.39 is 0 Å².